The largest absolute Gasteiger partial charge is 0.324 e. The van der Waals surface area contributed by atoms with Crippen molar-refractivity contribution >= 4 is 92.9 Å². The molecule has 20 aromatic rings. The van der Waals surface area contributed by atoms with Crippen LogP contribution < -0.4 is 42.5 Å². The molecule has 0 radical (unpaired) electrons. The molecule has 0 saturated carbocycles. The summed E-state index contributed by atoms with van der Waals surface area (Å²) in [4.78, 5) is 108. The first kappa shape index (κ1) is 67.1. The number of hydrogen-bond acceptors (Lipinski definition) is 21. The van der Waals surface area contributed by atoms with Crippen LogP contribution in [0.5, 0.6) is 0 Å². The summed E-state index contributed by atoms with van der Waals surface area (Å²) in [5.74, 6) is -3.41. The molecule has 8 aromatic carbocycles. The van der Waals surface area contributed by atoms with Crippen LogP contribution in [-0.2, 0) is 0 Å². The van der Waals surface area contributed by atoms with Crippen molar-refractivity contribution in [1.82, 2.24) is 83.1 Å². The van der Waals surface area contributed by atoms with E-state index in [1.807, 2.05) is 55.9 Å². The van der Waals surface area contributed by atoms with Gasteiger partial charge in [0.25, 0.3) is 23.6 Å². The molecular formula is C115H103N25O4. The summed E-state index contributed by atoms with van der Waals surface area (Å²) in [6.45, 7) is 11.6. The molecular weight excluding hydrogens is 1800 g/mol. The van der Waals surface area contributed by atoms with Gasteiger partial charge in [0.2, 0.25) is 23.8 Å². The first-order chi connectivity index (χ1) is 81.4. The van der Waals surface area contributed by atoms with Gasteiger partial charge in [-0.3, -0.25) is 39.1 Å². The lowest BCUT2D eigenvalue weighted by Crippen LogP contribution is -2.13. The maximum Gasteiger partial charge on any atom is 0.255 e. The molecule has 20 rings (SSSR count). The number of aryl methyl sites for hydroxylation is 8. The van der Waals surface area contributed by atoms with E-state index < -0.39 is 132 Å². The van der Waals surface area contributed by atoms with E-state index in [2.05, 4.69) is 107 Å². The number of anilines is 12. The molecule has 0 aliphatic rings. The highest BCUT2D eigenvalue weighted by atomic mass is 16.2. The van der Waals surface area contributed by atoms with E-state index in [-0.39, 0.29) is 148 Å². The van der Waals surface area contributed by atoms with E-state index in [1.54, 1.807) is 206 Å². The Kier molecular flexibility index (Phi) is 20.8. The van der Waals surface area contributed by atoms with Crippen molar-refractivity contribution in [2.75, 3.05) is 42.5 Å². The van der Waals surface area contributed by atoms with Crippen molar-refractivity contribution in [3.63, 3.8) is 0 Å². The Bertz CT molecular complexity index is 9460. The van der Waals surface area contributed by atoms with Crippen LogP contribution in [0.1, 0.15) is 147 Å². The number of hydrogen-bond donors (Lipinski definition) is 8. The molecule has 0 bridgehead atoms. The minimum Gasteiger partial charge on any atom is -0.324 e. The summed E-state index contributed by atoms with van der Waals surface area (Å²) in [5, 5.41) is 22.0. The first-order valence-electron chi connectivity index (χ1n) is 58.2. The average molecular weight is 1930 g/mol. The van der Waals surface area contributed by atoms with Crippen LogP contribution in [0.3, 0.4) is 0 Å². The highest BCUT2D eigenvalue weighted by Crippen LogP contribution is 2.33. The maximum absolute atomic E-state index is 13.6. The monoisotopic (exact) mass is 1930 g/mol. The van der Waals surface area contributed by atoms with Crippen molar-refractivity contribution in [2.45, 2.75) is 82.9 Å². The number of carbonyl (C=O) groups is 4. The summed E-state index contributed by atoms with van der Waals surface area (Å²) in [5.41, 5.74) is 9.80. The summed E-state index contributed by atoms with van der Waals surface area (Å²) < 4.78 is 239. The fourth-order valence-corrected chi connectivity index (χ4v) is 14.1. The molecule has 0 saturated heterocycles. The molecule has 0 aliphatic heterocycles. The summed E-state index contributed by atoms with van der Waals surface area (Å²) in [6, 6.07) is 35.5. The van der Waals surface area contributed by atoms with Crippen molar-refractivity contribution in [2.24, 2.45) is 0 Å². The van der Waals surface area contributed by atoms with Crippen LogP contribution in [0.25, 0.3) is 67.8 Å². The van der Waals surface area contributed by atoms with Crippen LogP contribution in [0, 0.1) is 82.9 Å². The van der Waals surface area contributed by atoms with E-state index in [9.17, 15) is 19.2 Å². The zero-order valence-electron chi connectivity index (χ0n) is 107. The SMILES string of the molecule is [2H]c1c([2H])c(C(=O)Nc2cc(C)cc(-n3c([2H])cc(C)c3[2H])c2)c([2H])c(Nc2nccc(-c3cccnc3)n2)c1C.[2H]c1c([2H])c(C([2H])([2H])[2H])c(Nc2nccc(-c3cccnc3)n2)c([2H])c1C(=O)Nc1cc(C)cc(-n2c([2H])cc(C)c2[2H])c1.[2H]c1c([2H])c(C([2H])([2H])[2H])c(Nc2nccc(-c3cccnc3)n2)c([2H])c1C(=O)Nc1cc(C)cc(-n2c([2H])nc(C)c2[2H])c1.[2H]c1nc([2H])c(-c2ccnc(Nc3c([2H])c(C(=O)Nc4cc(C)cc(-n5ccc(C)c5)c4)c([2H])c([2H])c3C)n2)c([2H])c1[2H]. The second-order valence-corrected chi connectivity index (χ2v) is 32.4. The molecule has 0 atom stereocenters. The number of rotatable bonds is 24. The second-order valence-electron chi connectivity index (χ2n) is 32.4. The molecule has 12 heterocycles. The van der Waals surface area contributed by atoms with Crippen molar-refractivity contribution < 1.29 is 57.6 Å². The minimum absolute atomic E-state index is 0.00407. The molecule has 144 heavy (non-hydrogen) atoms. The second kappa shape index (κ2) is 44.5. The van der Waals surface area contributed by atoms with Gasteiger partial charge in [0.05, 0.1) is 63.6 Å². The molecule has 12 aromatic heterocycles. The molecule has 4 amide bonds. The predicted molar refractivity (Wildman–Crippen MR) is 569 cm³/mol. The minimum atomic E-state index is -2.92. The fraction of sp³-hybridized carbons (Fsp3) is 0.104. The third-order valence-electron chi connectivity index (χ3n) is 20.9. The predicted octanol–water partition coefficient (Wildman–Crippen LogP) is 24.4. The zero-order valence-corrected chi connectivity index (χ0v) is 78.6. The van der Waals surface area contributed by atoms with Gasteiger partial charge in [-0.15, -0.1) is 0 Å². The Morgan fingerprint density at radius 2 is 0.667 bits per heavy atom. The summed E-state index contributed by atoms with van der Waals surface area (Å²) >= 11 is 0. The van der Waals surface area contributed by atoms with Gasteiger partial charge in [0, 0.05) is 239 Å². The molecule has 0 unspecified atom stereocenters. The topological polar surface area (TPSA) is 352 Å². The molecule has 29 nitrogen and oxygen atoms in total. The molecule has 0 aliphatic carbocycles. The van der Waals surface area contributed by atoms with Crippen molar-refractivity contribution in [3.8, 4) is 67.8 Å². The Balaban J connectivity index is 0.000000152. The Labute approximate surface area is 872 Å². The standard InChI is InChI=1S/3C29H26N6O.C28H25N7O/c3*1-19-9-12-35(18-19)25-14-20(2)13-24(16-25)32-28(36)22-7-6-21(3)27(15-22)34-29-31-11-8-26(33-29)23-5-4-10-30-17-23;1-18-11-23(14-24(12-18)35-16-20(3)31-17-35)32-27(36)21-7-6-19(2)26(13-21)34-28-30-10-8-25(33-28)22-5-4-9-29-15-22/h3*4-18H,1-3H3,(H,32,36)(H,31,33,34);4-17H,1-3H3,(H,32,36)(H,30,33,34)/i4D,5D,6D,7D,10D,15D,17D;3D3,6D,7D,12D,15D,18D;6D,7D,12D,15D,18D;2D3,6D,7D,13D,16D,17D. The lowest BCUT2D eigenvalue weighted by Gasteiger charge is -2.13. The number of amides is 4. The zero-order chi connectivity index (χ0) is 124. The van der Waals surface area contributed by atoms with Gasteiger partial charge in [0.15, 0.2) is 0 Å². The highest BCUT2D eigenvalue weighted by molar-refractivity contribution is 6.08. The number of carbonyl (C=O) groups excluding carboxylic acids is 4. The van der Waals surface area contributed by atoms with Crippen molar-refractivity contribution in [3.05, 3.63) is 449 Å². The van der Waals surface area contributed by atoms with Crippen LogP contribution in [0.4, 0.5) is 69.3 Å². The number of pyridine rings is 4. The van der Waals surface area contributed by atoms with E-state index >= 15 is 0 Å². The quantitative estimate of drug-likeness (QED) is 0.0278. The number of nitrogens with one attached hydrogen (secondary N) is 8. The summed E-state index contributed by atoms with van der Waals surface area (Å²) in [6.07, 6.45) is 18.7. The van der Waals surface area contributed by atoms with Gasteiger partial charge < -0.3 is 60.8 Å². The maximum atomic E-state index is 13.6. The van der Waals surface area contributed by atoms with Crippen LogP contribution in [-0.4, -0.2) is 107 Å². The number of benzene rings is 8. The van der Waals surface area contributed by atoms with Gasteiger partial charge in [-0.1, -0.05) is 24.2 Å². The van der Waals surface area contributed by atoms with E-state index in [0.717, 1.165) is 27.9 Å². The van der Waals surface area contributed by atoms with Crippen molar-refractivity contribution in [1.29, 1.82) is 0 Å². The molecule has 0 fully saturated rings. The molecule has 0 spiro atoms. The number of aromatic nitrogens is 17. The molecule has 712 valence electrons. The van der Waals surface area contributed by atoms with Gasteiger partial charge in [-0.05, 0) is 356 Å². The Morgan fingerprint density at radius 3 is 0.986 bits per heavy atom. The number of nitrogens with zero attached hydrogens (tertiary/aromatic N) is 17. The normalized spacial score (nSPS) is 13.7. The van der Waals surface area contributed by atoms with Gasteiger partial charge >= 0.3 is 0 Å². The summed E-state index contributed by atoms with van der Waals surface area (Å²) in [7, 11) is 0. The van der Waals surface area contributed by atoms with E-state index in [4.69, 9.17) is 38.4 Å². The first-order valence-corrected chi connectivity index (χ1v) is 44.2. The van der Waals surface area contributed by atoms with Crippen LogP contribution >= 0.6 is 0 Å². The molecule has 8 N–H and O–H groups in total. The third-order valence-corrected chi connectivity index (χ3v) is 20.9. The lowest BCUT2D eigenvalue weighted by molar-refractivity contribution is 0.101. The van der Waals surface area contributed by atoms with Crippen LogP contribution in [0.2, 0.25) is 0 Å². The van der Waals surface area contributed by atoms with E-state index in [0.29, 0.717) is 90.2 Å². The van der Waals surface area contributed by atoms with Crippen LogP contribution in [0.15, 0.2) is 360 Å². The average Bonchev–Trinajstić information content (AvgIpc) is 0.890. The molecule has 29 heteroatoms. The van der Waals surface area contributed by atoms with Gasteiger partial charge in [-0.2, -0.15) is 0 Å². The Hall–Kier alpha value is -19.2. The highest BCUT2D eigenvalue weighted by Gasteiger charge is 2.20. The van der Waals surface area contributed by atoms with Gasteiger partial charge in [0.1, 0.15) is 1.37 Å². The van der Waals surface area contributed by atoms with Gasteiger partial charge in [-0.25, -0.2) is 44.9 Å². The Morgan fingerprint density at radius 1 is 0.319 bits per heavy atom. The smallest absolute Gasteiger partial charge is 0.255 e. The number of imidazole rings is 1. The van der Waals surface area contributed by atoms with E-state index in [1.165, 1.54) is 51.3 Å². The lowest BCUT2D eigenvalue weighted by atomic mass is 10.1. The fourth-order valence-electron chi connectivity index (χ4n) is 14.1. The third kappa shape index (κ3) is 25.2.